The summed E-state index contributed by atoms with van der Waals surface area (Å²) in [6.45, 7) is 3.43. The molecule has 2 aliphatic rings. The van der Waals surface area contributed by atoms with Gasteiger partial charge in [-0.15, -0.1) is 0 Å². The molecule has 0 saturated carbocycles. The van der Waals surface area contributed by atoms with Crippen LogP contribution in [-0.2, 0) is 27.8 Å². The van der Waals surface area contributed by atoms with E-state index in [1.54, 1.807) is 4.68 Å². The normalized spacial score (nSPS) is 25.2. The van der Waals surface area contributed by atoms with E-state index in [2.05, 4.69) is 5.10 Å². The maximum absolute atomic E-state index is 12.5. The van der Waals surface area contributed by atoms with Crippen molar-refractivity contribution in [2.24, 2.45) is 18.7 Å². The number of carbonyl (C=O) groups is 2. The molecule has 3 rings (SSSR count). The quantitative estimate of drug-likeness (QED) is 0.870. The van der Waals surface area contributed by atoms with Gasteiger partial charge < -0.3 is 15.4 Å². The number of aromatic nitrogens is 2. The smallest absolute Gasteiger partial charge is 0.246 e. The van der Waals surface area contributed by atoms with Gasteiger partial charge >= 0.3 is 0 Å². The largest absolute Gasteiger partial charge is 0.367 e. The van der Waals surface area contributed by atoms with Crippen LogP contribution in [-0.4, -0.2) is 51.8 Å². The van der Waals surface area contributed by atoms with Gasteiger partial charge in [0.2, 0.25) is 11.8 Å². The van der Waals surface area contributed by atoms with Crippen molar-refractivity contribution in [2.45, 2.75) is 51.2 Å². The second kappa shape index (κ2) is 6.93. The predicted molar refractivity (Wildman–Crippen MR) is 88.0 cm³/mol. The minimum atomic E-state index is -0.428. The van der Waals surface area contributed by atoms with Crippen molar-refractivity contribution >= 4 is 11.8 Å². The molecule has 0 unspecified atom stereocenters. The highest BCUT2D eigenvalue weighted by Crippen LogP contribution is 2.31. The molecule has 2 atom stereocenters. The third kappa shape index (κ3) is 3.61. The Balaban J connectivity index is 1.49. The van der Waals surface area contributed by atoms with Crippen molar-refractivity contribution in [1.82, 2.24) is 14.7 Å². The van der Waals surface area contributed by atoms with Crippen molar-refractivity contribution < 1.29 is 14.3 Å². The van der Waals surface area contributed by atoms with E-state index in [1.807, 2.05) is 24.9 Å². The fourth-order valence-electron chi connectivity index (χ4n) is 3.84. The minimum absolute atomic E-state index is 0.111. The van der Waals surface area contributed by atoms with Crippen molar-refractivity contribution in [3.05, 3.63) is 17.5 Å². The van der Waals surface area contributed by atoms with E-state index < -0.39 is 6.10 Å². The lowest BCUT2D eigenvalue weighted by Crippen LogP contribution is -2.42. The van der Waals surface area contributed by atoms with E-state index in [9.17, 15) is 9.59 Å². The van der Waals surface area contributed by atoms with Crippen LogP contribution in [0.3, 0.4) is 0 Å². The standard InChI is InChI=1S/C17H26N4O3/c1-11-9-13(20(2)19-11)10-16(22)21-7-5-12(6-8-21)14-3-4-15(24-14)17(18)23/h9,12,14-15H,3-8,10H2,1-2H3,(H2,18,23)/t14-,15+/m0/s1. The zero-order chi connectivity index (χ0) is 17.3. The van der Waals surface area contributed by atoms with E-state index in [0.717, 1.165) is 50.2 Å². The molecule has 2 fully saturated rings. The van der Waals surface area contributed by atoms with Gasteiger partial charge in [0.05, 0.1) is 18.2 Å². The summed E-state index contributed by atoms with van der Waals surface area (Å²) in [5, 5.41) is 4.29. The fraction of sp³-hybridized carbons (Fsp3) is 0.706. The Bertz CT molecular complexity index is 619. The van der Waals surface area contributed by atoms with Gasteiger partial charge in [0.25, 0.3) is 0 Å². The summed E-state index contributed by atoms with van der Waals surface area (Å²) in [4.78, 5) is 25.6. The summed E-state index contributed by atoms with van der Waals surface area (Å²) in [6, 6.07) is 1.96. The SMILES string of the molecule is Cc1cc(CC(=O)N2CCC([C@@H]3CC[C@H](C(N)=O)O3)CC2)n(C)n1. The van der Waals surface area contributed by atoms with Crippen LogP contribution < -0.4 is 5.73 Å². The third-order valence-electron chi connectivity index (χ3n) is 5.22. The van der Waals surface area contributed by atoms with Crippen LogP contribution in [0.25, 0.3) is 0 Å². The molecule has 24 heavy (non-hydrogen) atoms. The third-order valence-corrected chi connectivity index (χ3v) is 5.22. The molecule has 0 aromatic carbocycles. The number of hydrogen-bond acceptors (Lipinski definition) is 4. The average Bonchev–Trinajstić information content (AvgIpc) is 3.15. The molecule has 7 heteroatoms. The van der Waals surface area contributed by atoms with Crippen LogP contribution in [0, 0.1) is 12.8 Å². The number of amides is 2. The summed E-state index contributed by atoms with van der Waals surface area (Å²) < 4.78 is 7.56. The molecule has 0 aliphatic carbocycles. The Labute approximate surface area is 142 Å². The molecular weight excluding hydrogens is 308 g/mol. The number of nitrogens with zero attached hydrogens (tertiary/aromatic N) is 3. The molecule has 2 aliphatic heterocycles. The maximum Gasteiger partial charge on any atom is 0.246 e. The molecule has 1 aromatic heterocycles. The van der Waals surface area contributed by atoms with E-state index in [4.69, 9.17) is 10.5 Å². The topological polar surface area (TPSA) is 90.5 Å². The van der Waals surface area contributed by atoms with Crippen LogP contribution in [0.2, 0.25) is 0 Å². The zero-order valence-corrected chi connectivity index (χ0v) is 14.4. The van der Waals surface area contributed by atoms with Gasteiger partial charge in [-0.3, -0.25) is 14.3 Å². The number of ether oxygens (including phenoxy) is 1. The summed E-state index contributed by atoms with van der Waals surface area (Å²) in [7, 11) is 1.87. The number of likely N-dealkylation sites (tertiary alicyclic amines) is 1. The number of nitrogens with two attached hydrogens (primary N) is 1. The number of piperidine rings is 1. The first-order chi connectivity index (χ1) is 11.4. The molecule has 7 nitrogen and oxygen atoms in total. The summed E-state index contributed by atoms with van der Waals surface area (Å²) >= 11 is 0. The Kier molecular flexibility index (Phi) is 4.89. The molecule has 3 heterocycles. The maximum atomic E-state index is 12.5. The molecule has 0 spiro atoms. The Morgan fingerprint density at radius 1 is 1.29 bits per heavy atom. The zero-order valence-electron chi connectivity index (χ0n) is 14.4. The molecular formula is C17H26N4O3. The van der Waals surface area contributed by atoms with E-state index in [1.165, 1.54) is 0 Å². The average molecular weight is 334 g/mol. The van der Waals surface area contributed by atoms with Gasteiger partial charge in [-0.25, -0.2) is 0 Å². The second-order valence-corrected chi connectivity index (χ2v) is 6.94. The van der Waals surface area contributed by atoms with Crippen molar-refractivity contribution in [3.63, 3.8) is 0 Å². The molecule has 1 aromatic rings. The lowest BCUT2D eigenvalue weighted by Gasteiger charge is -2.34. The molecule has 2 amide bonds. The van der Waals surface area contributed by atoms with Crippen LogP contribution >= 0.6 is 0 Å². The van der Waals surface area contributed by atoms with E-state index in [-0.39, 0.29) is 17.9 Å². The highest BCUT2D eigenvalue weighted by Gasteiger charge is 2.36. The monoisotopic (exact) mass is 334 g/mol. The predicted octanol–water partition coefficient (Wildman–Crippen LogP) is 0.543. The number of hydrogen-bond donors (Lipinski definition) is 1. The Morgan fingerprint density at radius 3 is 2.54 bits per heavy atom. The van der Waals surface area contributed by atoms with Gasteiger partial charge in [0.15, 0.2) is 0 Å². The molecule has 132 valence electrons. The van der Waals surface area contributed by atoms with Gasteiger partial charge in [-0.2, -0.15) is 5.10 Å². The summed E-state index contributed by atoms with van der Waals surface area (Å²) in [5.41, 5.74) is 7.19. The lowest BCUT2D eigenvalue weighted by atomic mass is 9.89. The van der Waals surface area contributed by atoms with E-state index in [0.29, 0.717) is 12.3 Å². The Morgan fingerprint density at radius 2 is 2.00 bits per heavy atom. The van der Waals surface area contributed by atoms with Crippen LogP contribution in [0.5, 0.6) is 0 Å². The summed E-state index contributed by atoms with van der Waals surface area (Å²) in [6.07, 6.45) is 3.53. The van der Waals surface area contributed by atoms with Crippen LogP contribution in [0.4, 0.5) is 0 Å². The first-order valence-electron chi connectivity index (χ1n) is 8.66. The molecule has 2 saturated heterocycles. The first kappa shape index (κ1) is 17.0. The van der Waals surface area contributed by atoms with Crippen LogP contribution in [0.1, 0.15) is 37.1 Å². The summed E-state index contributed by atoms with van der Waals surface area (Å²) in [5.74, 6) is 0.202. The van der Waals surface area contributed by atoms with Gasteiger partial charge in [-0.1, -0.05) is 0 Å². The van der Waals surface area contributed by atoms with Crippen molar-refractivity contribution in [2.75, 3.05) is 13.1 Å². The highest BCUT2D eigenvalue weighted by atomic mass is 16.5. The van der Waals surface area contributed by atoms with Gasteiger partial charge in [0.1, 0.15) is 6.10 Å². The number of carbonyl (C=O) groups excluding carboxylic acids is 2. The number of primary amides is 1. The van der Waals surface area contributed by atoms with Gasteiger partial charge in [0, 0.05) is 25.8 Å². The molecule has 2 N–H and O–H groups in total. The number of aryl methyl sites for hydroxylation is 2. The van der Waals surface area contributed by atoms with Gasteiger partial charge in [-0.05, 0) is 44.6 Å². The number of rotatable bonds is 4. The van der Waals surface area contributed by atoms with E-state index >= 15 is 0 Å². The van der Waals surface area contributed by atoms with Crippen molar-refractivity contribution in [1.29, 1.82) is 0 Å². The van der Waals surface area contributed by atoms with Crippen LogP contribution in [0.15, 0.2) is 6.07 Å². The van der Waals surface area contributed by atoms with Crippen molar-refractivity contribution in [3.8, 4) is 0 Å². The Hall–Kier alpha value is -1.89. The molecule has 0 bridgehead atoms. The lowest BCUT2D eigenvalue weighted by molar-refractivity contribution is -0.133. The minimum Gasteiger partial charge on any atom is -0.367 e. The first-order valence-corrected chi connectivity index (χ1v) is 8.66. The second-order valence-electron chi connectivity index (χ2n) is 6.94. The molecule has 0 radical (unpaired) electrons. The highest BCUT2D eigenvalue weighted by molar-refractivity contribution is 5.79. The fourth-order valence-corrected chi connectivity index (χ4v) is 3.84.